The maximum atomic E-state index is 10.7. The van der Waals surface area contributed by atoms with E-state index in [1.165, 1.54) is 6.33 Å². The lowest BCUT2D eigenvalue weighted by Gasteiger charge is -2.33. The van der Waals surface area contributed by atoms with Crippen LogP contribution in [0.2, 0.25) is 0 Å². The van der Waals surface area contributed by atoms with Crippen LogP contribution in [0, 0.1) is 5.92 Å². The van der Waals surface area contributed by atoms with Crippen molar-refractivity contribution in [3.05, 3.63) is 12.4 Å². The molecule has 1 atom stereocenters. The Balaban J connectivity index is 2.03. The molecule has 0 amide bonds. The first-order chi connectivity index (χ1) is 10.9. The van der Waals surface area contributed by atoms with Gasteiger partial charge in [-0.3, -0.25) is 4.79 Å². The number of aliphatic hydroxyl groups excluding tert-OH is 1. The van der Waals surface area contributed by atoms with Gasteiger partial charge in [-0.05, 0) is 39.0 Å². The van der Waals surface area contributed by atoms with Crippen molar-refractivity contribution in [3.63, 3.8) is 0 Å². The summed E-state index contributed by atoms with van der Waals surface area (Å²) in [4.78, 5) is 21.5. The third-order valence-electron chi connectivity index (χ3n) is 4.18. The molecule has 1 unspecified atom stereocenters. The highest BCUT2D eigenvalue weighted by molar-refractivity contribution is 5.66. The van der Waals surface area contributed by atoms with E-state index in [0.29, 0.717) is 18.2 Å². The third kappa shape index (κ3) is 5.35. The van der Waals surface area contributed by atoms with Gasteiger partial charge < -0.3 is 20.4 Å². The smallest absolute Gasteiger partial charge is 0.303 e. The predicted octanol–water partition coefficient (Wildman–Crippen LogP) is 1.74. The lowest BCUT2D eigenvalue weighted by molar-refractivity contribution is -0.137. The van der Waals surface area contributed by atoms with E-state index >= 15 is 0 Å². The second kappa shape index (κ2) is 7.59. The Morgan fingerprint density at radius 2 is 2.26 bits per heavy atom. The van der Waals surface area contributed by atoms with E-state index < -0.39 is 5.97 Å². The van der Waals surface area contributed by atoms with Crippen molar-refractivity contribution in [1.29, 1.82) is 0 Å². The van der Waals surface area contributed by atoms with Crippen LogP contribution < -0.4 is 10.2 Å². The van der Waals surface area contributed by atoms with Crippen molar-refractivity contribution < 1.29 is 15.0 Å². The summed E-state index contributed by atoms with van der Waals surface area (Å²) in [7, 11) is 0. The molecular formula is C16H26N4O3. The summed E-state index contributed by atoms with van der Waals surface area (Å²) in [6.45, 7) is 5.85. The van der Waals surface area contributed by atoms with Gasteiger partial charge in [-0.15, -0.1) is 0 Å². The predicted molar refractivity (Wildman–Crippen MR) is 88.6 cm³/mol. The molecule has 3 N–H and O–H groups in total. The normalized spacial score (nSPS) is 18.7. The summed E-state index contributed by atoms with van der Waals surface area (Å²) in [5.74, 6) is 1.03. The van der Waals surface area contributed by atoms with Crippen LogP contribution in [0.4, 0.5) is 11.6 Å². The number of hydrogen-bond acceptors (Lipinski definition) is 6. The summed E-state index contributed by atoms with van der Waals surface area (Å²) in [5.41, 5.74) is -0.362. The van der Waals surface area contributed by atoms with E-state index in [2.05, 4.69) is 20.2 Å². The quantitative estimate of drug-likeness (QED) is 0.703. The number of piperidine rings is 1. The Kier molecular flexibility index (Phi) is 5.76. The molecule has 0 bridgehead atoms. The van der Waals surface area contributed by atoms with E-state index in [4.69, 9.17) is 5.11 Å². The van der Waals surface area contributed by atoms with Gasteiger partial charge in [0, 0.05) is 37.7 Å². The molecule has 1 saturated heterocycles. The summed E-state index contributed by atoms with van der Waals surface area (Å²) in [6, 6.07) is 1.89. The number of anilines is 2. The van der Waals surface area contributed by atoms with Crippen LogP contribution in [-0.4, -0.2) is 51.4 Å². The van der Waals surface area contributed by atoms with Gasteiger partial charge in [0.1, 0.15) is 18.0 Å². The topological polar surface area (TPSA) is 98.6 Å². The molecule has 1 aliphatic rings. The summed E-state index contributed by atoms with van der Waals surface area (Å²) in [6.07, 6.45) is 4.24. The first kappa shape index (κ1) is 17.5. The van der Waals surface area contributed by atoms with E-state index in [1.54, 1.807) is 0 Å². The minimum Gasteiger partial charge on any atom is -0.481 e. The number of rotatable bonds is 7. The zero-order valence-corrected chi connectivity index (χ0v) is 13.8. The minimum absolute atomic E-state index is 0.113. The largest absolute Gasteiger partial charge is 0.481 e. The van der Waals surface area contributed by atoms with E-state index in [9.17, 15) is 9.90 Å². The van der Waals surface area contributed by atoms with E-state index in [-0.39, 0.29) is 18.6 Å². The Labute approximate surface area is 136 Å². The Bertz CT molecular complexity index is 536. The second-order valence-corrected chi connectivity index (χ2v) is 6.80. The highest BCUT2D eigenvalue weighted by atomic mass is 16.4. The fourth-order valence-corrected chi connectivity index (χ4v) is 2.84. The van der Waals surface area contributed by atoms with Gasteiger partial charge in [0.25, 0.3) is 0 Å². The van der Waals surface area contributed by atoms with Crippen LogP contribution in [0.5, 0.6) is 0 Å². The van der Waals surface area contributed by atoms with Gasteiger partial charge in [0.2, 0.25) is 0 Å². The number of aliphatic carboxylic acids is 1. The maximum Gasteiger partial charge on any atom is 0.303 e. The van der Waals surface area contributed by atoms with Crippen LogP contribution in [0.25, 0.3) is 0 Å². The zero-order valence-electron chi connectivity index (χ0n) is 13.8. The van der Waals surface area contributed by atoms with Gasteiger partial charge >= 0.3 is 5.97 Å². The molecule has 0 radical (unpaired) electrons. The van der Waals surface area contributed by atoms with Crippen molar-refractivity contribution in [1.82, 2.24) is 9.97 Å². The van der Waals surface area contributed by atoms with Gasteiger partial charge in [-0.25, -0.2) is 9.97 Å². The molecule has 2 heterocycles. The molecule has 1 fully saturated rings. The molecule has 7 nitrogen and oxygen atoms in total. The monoisotopic (exact) mass is 322 g/mol. The molecular weight excluding hydrogens is 296 g/mol. The van der Waals surface area contributed by atoms with Crippen LogP contribution in [0.3, 0.4) is 0 Å². The number of carboxylic acid groups (broad SMARTS) is 1. The van der Waals surface area contributed by atoms with E-state index in [1.807, 2.05) is 19.9 Å². The molecule has 23 heavy (non-hydrogen) atoms. The van der Waals surface area contributed by atoms with E-state index in [0.717, 1.165) is 31.7 Å². The number of aliphatic hydroxyl groups is 1. The van der Waals surface area contributed by atoms with Crippen molar-refractivity contribution in [2.24, 2.45) is 5.92 Å². The SMILES string of the molecule is CC(C)(CCC(=O)O)Nc1cc(N2CCCC(CO)C2)ncn1. The Morgan fingerprint density at radius 1 is 1.48 bits per heavy atom. The van der Waals surface area contributed by atoms with Crippen molar-refractivity contribution in [2.75, 3.05) is 29.9 Å². The average molecular weight is 322 g/mol. The first-order valence-corrected chi connectivity index (χ1v) is 8.07. The molecule has 7 heteroatoms. The minimum atomic E-state index is -0.799. The first-order valence-electron chi connectivity index (χ1n) is 8.07. The van der Waals surface area contributed by atoms with Gasteiger partial charge in [-0.2, -0.15) is 0 Å². The summed E-state index contributed by atoms with van der Waals surface area (Å²) < 4.78 is 0. The highest BCUT2D eigenvalue weighted by Gasteiger charge is 2.22. The molecule has 0 aliphatic carbocycles. The summed E-state index contributed by atoms with van der Waals surface area (Å²) in [5, 5.41) is 21.5. The number of hydrogen-bond donors (Lipinski definition) is 3. The average Bonchev–Trinajstić information content (AvgIpc) is 2.53. The zero-order chi connectivity index (χ0) is 16.9. The molecule has 1 aromatic heterocycles. The molecule has 1 aliphatic heterocycles. The van der Waals surface area contributed by atoms with Crippen LogP contribution in [0.15, 0.2) is 12.4 Å². The lowest BCUT2D eigenvalue weighted by atomic mass is 9.98. The molecule has 2 rings (SSSR count). The maximum absolute atomic E-state index is 10.7. The number of carboxylic acids is 1. The second-order valence-electron chi connectivity index (χ2n) is 6.80. The van der Waals surface area contributed by atoms with Crippen molar-refractivity contribution in [2.45, 2.75) is 45.1 Å². The Hall–Kier alpha value is -1.89. The molecule has 0 saturated carbocycles. The Morgan fingerprint density at radius 3 is 2.96 bits per heavy atom. The van der Waals surface area contributed by atoms with Crippen LogP contribution >= 0.6 is 0 Å². The van der Waals surface area contributed by atoms with Gasteiger partial charge in [0.15, 0.2) is 0 Å². The van der Waals surface area contributed by atoms with Crippen LogP contribution in [0.1, 0.15) is 39.5 Å². The number of nitrogens with one attached hydrogen (secondary N) is 1. The lowest BCUT2D eigenvalue weighted by Crippen LogP contribution is -2.37. The van der Waals surface area contributed by atoms with Crippen molar-refractivity contribution in [3.8, 4) is 0 Å². The summed E-state index contributed by atoms with van der Waals surface area (Å²) >= 11 is 0. The van der Waals surface area contributed by atoms with Crippen molar-refractivity contribution >= 4 is 17.6 Å². The molecule has 0 aromatic carbocycles. The van der Waals surface area contributed by atoms with Gasteiger partial charge in [0.05, 0.1) is 0 Å². The number of nitrogens with zero attached hydrogens (tertiary/aromatic N) is 3. The molecule has 0 spiro atoms. The number of aromatic nitrogens is 2. The fraction of sp³-hybridized carbons (Fsp3) is 0.688. The molecule has 1 aromatic rings. The fourth-order valence-electron chi connectivity index (χ4n) is 2.84. The third-order valence-corrected chi connectivity index (χ3v) is 4.18. The van der Waals surface area contributed by atoms with Crippen LogP contribution in [-0.2, 0) is 4.79 Å². The molecule has 128 valence electrons. The number of carbonyl (C=O) groups is 1. The highest BCUT2D eigenvalue weighted by Crippen LogP contribution is 2.24. The standard InChI is InChI=1S/C16H26N4O3/c1-16(2,6-5-15(22)23)19-13-8-14(18-11-17-13)20-7-3-4-12(9-20)10-21/h8,11-12,21H,3-7,9-10H2,1-2H3,(H,22,23)(H,17,18,19). The van der Waals surface area contributed by atoms with Gasteiger partial charge in [-0.1, -0.05) is 0 Å².